The Morgan fingerprint density at radius 1 is 0.488 bits per heavy atom. The van der Waals surface area contributed by atoms with Crippen molar-refractivity contribution in [3.8, 4) is 11.4 Å². The summed E-state index contributed by atoms with van der Waals surface area (Å²) in [5.41, 5.74) is 11.3. The first kappa shape index (κ1) is 24.4. The largest absolute Gasteiger partial charge is 0.341 e. The summed E-state index contributed by atoms with van der Waals surface area (Å²) in [6, 6.07) is 40.4. The molecule has 0 bridgehead atoms. The predicted molar refractivity (Wildman–Crippen MR) is 177 cm³/mol. The number of benzene rings is 4. The van der Waals surface area contributed by atoms with Crippen LogP contribution in [-0.4, -0.2) is 19.1 Å². The third kappa shape index (κ3) is 3.05. The van der Waals surface area contributed by atoms with Gasteiger partial charge >= 0.3 is 0 Å². The molecule has 0 spiro atoms. The molecule has 0 unspecified atom stereocenters. The second-order valence-electron chi connectivity index (χ2n) is 11.5. The minimum absolute atomic E-state index is 0.569. The number of aryl methyl sites for hydroxylation is 2. The van der Waals surface area contributed by atoms with Gasteiger partial charge in [0, 0.05) is 69.1 Å². The molecular formula is C39H30N4. The van der Waals surface area contributed by atoms with Crippen LogP contribution in [0.2, 0.25) is 0 Å². The van der Waals surface area contributed by atoms with E-state index < -0.39 is 5.41 Å². The highest BCUT2D eigenvalue weighted by Crippen LogP contribution is 2.55. The fourth-order valence-electron chi connectivity index (χ4n) is 7.98. The molecule has 0 fully saturated rings. The number of pyridine rings is 2. The molecule has 1 aliphatic carbocycles. The van der Waals surface area contributed by atoms with Crippen LogP contribution in [0.15, 0.2) is 122 Å². The maximum Gasteiger partial charge on any atom is 0.0937 e. The lowest BCUT2D eigenvalue weighted by molar-refractivity contribution is 0.766. The number of rotatable bonds is 4. The summed E-state index contributed by atoms with van der Waals surface area (Å²) >= 11 is 0. The standard InChI is InChI=1S/C39H30N4/c1-3-42-33-15-7-5-11-27(33)29-23-25(17-19-35(29)42)39(31-13-9-21-40-37(31)38-32(39)14-10-22-41-38)26-18-20-36-30(24-26)28-12-6-8-16-34(28)43(36)4-2/h5-24H,3-4H2,1-2H3. The smallest absolute Gasteiger partial charge is 0.0937 e. The van der Waals surface area contributed by atoms with Gasteiger partial charge in [-0.3, -0.25) is 9.97 Å². The summed E-state index contributed by atoms with van der Waals surface area (Å²) in [7, 11) is 0. The van der Waals surface area contributed by atoms with E-state index in [4.69, 9.17) is 9.97 Å². The van der Waals surface area contributed by atoms with Crippen LogP contribution in [0.5, 0.6) is 0 Å². The highest BCUT2D eigenvalue weighted by molar-refractivity contribution is 6.10. The number of hydrogen-bond donors (Lipinski definition) is 0. The van der Waals surface area contributed by atoms with Crippen molar-refractivity contribution >= 4 is 43.6 Å². The average molecular weight is 555 g/mol. The van der Waals surface area contributed by atoms with Gasteiger partial charge in [0.2, 0.25) is 0 Å². The third-order valence-corrected chi connectivity index (χ3v) is 9.69. The summed E-state index contributed by atoms with van der Waals surface area (Å²) in [5.74, 6) is 0. The Morgan fingerprint density at radius 3 is 1.40 bits per heavy atom. The fraction of sp³-hybridized carbons (Fsp3) is 0.128. The van der Waals surface area contributed by atoms with Crippen molar-refractivity contribution in [1.82, 2.24) is 19.1 Å². The Labute approximate surface area is 249 Å². The van der Waals surface area contributed by atoms with E-state index in [1.165, 1.54) is 65.9 Å². The highest BCUT2D eigenvalue weighted by Gasteiger charge is 2.48. The lowest BCUT2D eigenvalue weighted by Gasteiger charge is -2.33. The van der Waals surface area contributed by atoms with Gasteiger partial charge in [-0.2, -0.15) is 0 Å². The quantitative estimate of drug-likeness (QED) is 0.217. The van der Waals surface area contributed by atoms with Crippen molar-refractivity contribution in [2.24, 2.45) is 0 Å². The van der Waals surface area contributed by atoms with Crippen LogP contribution in [0.4, 0.5) is 0 Å². The minimum Gasteiger partial charge on any atom is -0.341 e. The molecule has 4 heteroatoms. The van der Waals surface area contributed by atoms with Crippen molar-refractivity contribution < 1.29 is 0 Å². The highest BCUT2D eigenvalue weighted by atomic mass is 15.0. The van der Waals surface area contributed by atoms with E-state index in [1.54, 1.807) is 0 Å². The van der Waals surface area contributed by atoms with Gasteiger partial charge in [-0.15, -0.1) is 0 Å². The van der Waals surface area contributed by atoms with Gasteiger partial charge in [-0.05, 0) is 84.6 Å². The van der Waals surface area contributed by atoms with E-state index >= 15 is 0 Å². The maximum absolute atomic E-state index is 4.94. The van der Waals surface area contributed by atoms with Crippen molar-refractivity contribution in [2.75, 3.05) is 0 Å². The number of fused-ring (bicyclic) bond motifs is 9. The predicted octanol–water partition coefficient (Wildman–Crippen LogP) is 9.10. The molecule has 8 aromatic rings. The third-order valence-electron chi connectivity index (χ3n) is 9.69. The second kappa shape index (κ2) is 8.89. The Hall–Kier alpha value is -5.22. The van der Waals surface area contributed by atoms with Crippen LogP contribution in [0.1, 0.15) is 36.1 Å². The van der Waals surface area contributed by atoms with Gasteiger partial charge < -0.3 is 9.13 Å². The lowest BCUT2D eigenvalue weighted by atomic mass is 9.67. The number of aromatic nitrogens is 4. The summed E-state index contributed by atoms with van der Waals surface area (Å²) in [6.45, 7) is 6.30. The van der Waals surface area contributed by atoms with Gasteiger partial charge in [-0.25, -0.2) is 0 Å². The topological polar surface area (TPSA) is 35.6 Å². The van der Waals surface area contributed by atoms with Crippen molar-refractivity contribution in [1.29, 1.82) is 0 Å². The van der Waals surface area contributed by atoms with E-state index in [0.29, 0.717) is 0 Å². The molecule has 0 saturated heterocycles. The van der Waals surface area contributed by atoms with E-state index in [0.717, 1.165) is 24.5 Å². The van der Waals surface area contributed by atoms with Crippen LogP contribution in [-0.2, 0) is 18.5 Å². The fourth-order valence-corrected chi connectivity index (χ4v) is 7.98. The number of para-hydroxylation sites is 2. The van der Waals surface area contributed by atoms with Crippen molar-refractivity contribution in [2.45, 2.75) is 32.4 Å². The molecule has 0 aliphatic heterocycles. The molecule has 0 radical (unpaired) electrons. The molecule has 0 saturated carbocycles. The molecule has 9 rings (SSSR count). The van der Waals surface area contributed by atoms with E-state index in [1.807, 2.05) is 12.4 Å². The van der Waals surface area contributed by atoms with Gasteiger partial charge in [0.1, 0.15) is 0 Å². The van der Waals surface area contributed by atoms with Gasteiger partial charge in [0.25, 0.3) is 0 Å². The Morgan fingerprint density at radius 2 is 0.930 bits per heavy atom. The summed E-state index contributed by atoms with van der Waals surface area (Å²) in [4.78, 5) is 9.87. The zero-order chi connectivity index (χ0) is 28.7. The van der Waals surface area contributed by atoms with Crippen LogP contribution < -0.4 is 0 Å². The molecule has 4 aromatic heterocycles. The second-order valence-corrected chi connectivity index (χ2v) is 11.5. The minimum atomic E-state index is -0.569. The van der Waals surface area contributed by atoms with Crippen LogP contribution in [0.3, 0.4) is 0 Å². The molecular weight excluding hydrogens is 524 g/mol. The average Bonchev–Trinajstić information content (AvgIpc) is 3.68. The van der Waals surface area contributed by atoms with Crippen molar-refractivity contribution in [3.05, 3.63) is 144 Å². The molecule has 0 atom stereocenters. The van der Waals surface area contributed by atoms with Gasteiger partial charge in [0.15, 0.2) is 0 Å². The molecule has 4 heterocycles. The summed E-state index contributed by atoms with van der Waals surface area (Å²) in [6.07, 6.45) is 3.78. The van der Waals surface area contributed by atoms with Crippen LogP contribution >= 0.6 is 0 Å². The SMILES string of the molecule is CCn1c2ccccc2c2cc(C3(c4ccc5c(c4)c4ccccc4n5CC)c4cccnc4-c4ncccc43)ccc21. The Balaban J connectivity index is 1.44. The number of hydrogen-bond acceptors (Lipinski definition) is 2. The normalized spacial score (nSPS) is 13.7. The Kier molecular flexibility index (Phi) is 5.04. The number of nitrogens with zero attached hydrogens (tertiary/aromatic N) is 4. The van der Waals surface area contributed by atoms with Crippen LogP contribution in [0, 0.1) is 0 Å². The molecule has 4 aromatic carbocycles. The molecule has 4 nitrogen and oxygen atoms in total. The zero-order valence-electron chi connectivity index (χ0n) is 24.3. The van der Waals surface area contributed by atoms with E-state index in [9.17, 15) is 0 Å². The summed E-state index contributed by atoms with van der Waals surface area (Å²) in [5, 5.41) is 5.13. The first-order valence-corrected chi connectivity index (χ1v) is 15.2. The van der Waals surface area contributed by atoms with E-state index in [2.05, 4.69) is 132 Å². The lowest BCUT2D eigenvalue weighted by Crippen LogP contribution is -2.28. The first-order valence-electron chi connectivity index (χ1n) is 15.2. The maximum atomic E-state index is 4.94. The van der Waals surface area contributed by atoms with Gasteiger partial charge in [0.05, 0.1) is 16.8 Å². The zero-order valence-corrected chi connectivity index (χ0v) is 24.3. The van der Waals surface area contributed by atoms with Crippen molar-refractivity contribution in [3.63, 3.8) is 0 Å². The summed E-state index contributed by atoms with van der Waals surface area (Å²) < 4.78 is 4.85. The first-order chi connectivity index (χ1) is 21.3. The molecule has 0 amide bonds. The van der Waals surface area contributed by atoms with Crippen LogP contribution in [0.25, 0.3) is 55.0 Å². The van der Waals surface area contributed by atoms with E-state index in [-0.39, 0.29) is 0 Å². The molecule has 0 N–H and O–H groups in total. The molecule has 43 heavy (non-hydrogen) atoms. The molecule has 206 valence electrons. The Bertz CT molecular complexity index is 2220. The molecule has 1 aliphatic rings. The monoisotopic (exact) mass is 554 g/mol. The van der Waals surface area contributed by atoms with Gasteiger partial charge in [-0.1, -0.05) is 60.7 Å².